The second-order valence-electron chi connectivity index (χ2n) is 5.54. The molecule has 0 spiro atoms. The molecule has 0 aliphatic carbocycles. The molecule has 0 aromatic heterocycles. The molecule has 1 N–H and O–H groups in total. The van der Waals surface area contributed by atoms with Crippen LogP contribution in [0.1, 0.15) is 19.4 Å². The van der Waals surface area contributed by atoms with Crippen molar-refractivity contribution in [3.05, 3.63) is 28.8 Å². The highest BCUT2D eigenvalue weighted by Crippen LogP contribution is 2.40. The Balaban J connectivity index is 2.56. The predicted molar refractivity (Wildman–Crippen MR) is 99.0 cm³/mol. The Kier molecular flexibility index (Phi) is 5.87. The van der Waals surface area contributed by atoms with Crippen LogP contribution in [0.15, 0.2) is 28.1 Å². The zero-order valence-electron chi connectivity index (χ0n) is 14.2. The Morgan fingerprint density at radius 3 is 2.62 bits per heavy atom. The summed E-state index contributed by atoms with van der Waals surface area (Å²) in [5.74, 6) is 0.378. The highest BCUT2D eigenvalue weighted by Gasteiger charge is 2.44. The number of halogens is 1. The number of rotatable bonds is 5. The number of hydrogen-bond acceptors (Lipinski definition) is 5. The van der Waals surface area contributed by atoms with Crippen LogP contribution >= 0.6 is 23.4 Å². The van der Waals surface area contributed by atoms with Gasteiger partial charge in [0.15, 0.2) is 10.9 Å². The summed E-state index contributed by atoms with van der Waals surface area (Å²) < 4.78 is 26.0. The van der Waals surface area contributed by atoms with Crippen molar-refractivity contribution in [3.63, 3.8) is 0 Å². The molecule has 1 aliphatic rings. The Morgan fingerprint density at radius 2 is 2.08 bits per heavy atom. The molecule has 134 valence electrons. The van der Waals surface area contributed by atoms with Crippen LogP contribution in [0.2, 0.25) is 5.02 Å². The minimum atomic E-state index is -3.70. The van der Waals surface area contributed by atoms with Crippen molar-refractivity contribution < 1.29 is 13.5 Å². The van der Waals surface area contributed by atoms with E-state index in [9.17, 15) is 13.5 Å². The fourth-order valence-electron chi connectivity index (χ4n) is 2.53. The number of thioether (sulfide) groups is 1. The molecule has 1 aliphatic heterocycles. The van der Waals surface area contributed by atoms with Gasteiger partial charge in [-0.1, -0.05) is 29.4 Å². The maximum atomic E-state index is 12.5. The predicted octanol–water partition coefficient (Wildman–Crippen LogP) is 2.18. The third kappa shape index (κ3) is 3.30. The van der Waals surface area contributed by atoms with Gasteiger partial charge in [0, 0.05) is 32.7 Å². The zero-order chi connectivity index (χ0) is 18.1. The Morgan fingerprint density at radius 1 is 1.42 bits per heavy atom. The molecule has 1 saturated heterocycles. The summed E-state index contributed by atoms with van der Waals surface area (Å²) in [5.41, 5.74) is -0.822. The van der Waals surface area contributed by atoms with Crippen molar-refractivity contribution in [1.29, 1.82) is 0 Å². The number of aliphatic hydroxyl groups is 1. The largest absolute Gasteiger partial charge is 0.366 e. The Labute approximate surface area is 152 Å². The van der Waals surface area contributed by atoms with Crippen LogP contribution in [0.25, 0.3) is 0 Å². The van der Waals surface area contributed by atoms with Crippen LogP contribution in [0.4, 0.5) is 0 Å². The Hall–Kier alpha value is -0.800. The van der Waals surface area contributed by atoms with Gasteiger partial charge in [0.25, 0.3) is 0 Å². The highest BCUT2D eigenvalue weighted by molar-refractivity contribution is 8.14. The first-order chi connectivity index (χ1) is 11.2. The molecule has 1 atom stereocenters. The highest BCUT2D eigenvalue weighted by atomic mass is 35.5. The fourth-order valence-corrected chi connectivity index (χ4v) is 5.23. The van der Waals surface area contributed by atoms with E-state index in [1.165, 1.54) is 38.0 Å². The second kappa shape index (κ2) is 7.21. The third-order valence-corrected chi connectivity index (χ3v) is 7.29. The molecule has 0 saturated carbocycles. The molecule has 0 bridgehead atoms. The lowest BCUT2D eigenvalue weighted by Gasteiger charge is -2.34. The van der Waals surface area contributed by atoms with Gasteiger partial charge in [-0.25, -0.2) is 12.7 Å². The van der Waals surface area contributed by atoms with Crippen molar-refractivity contribution in [2.45, 2.75) is 24.5 Å². The smallest absolute Gasteiger partial charge is 0.244 e. The standard InChI is InChI=1S/C15H22ClN3O3S2/c1-5-17-14-19(6-2)15(20,10-23-14)11-7-8-12(16)13(9-11)24(21,22)18(3)4/h7-9,20H,5-6,10H2,1-4H3. The summed E-state index contributed by atoms with van der Waals surface area (Å²) in [6.07, 6.45) is 0. The molecule has 24 heavy (non-hydrogen) atoms. The van der Waals surface area contributed by atoms with Gasteiger partial charge in [-0.05, 0) is 26.0 Å². The maximum absolute atomic E-state index is 12.5. The quantitative estimate of drug-likeness (QED) is 0.832. The average Bonchev–Trinajstić information content (AvgIpc) is 2.84. The van der Waals surface area contributed by atoms with Gasteiger partial charge in [-0.2, -0.15) is 0 Å². The molecular weight excluding hydrogens is 370 g/mol. The van der Waals surface area contributed by atoms with Gasteiger partial charge in [-0.3, -0.25) is 4.99 Å². The third-order valence-electron chi connectivity index (χ3n) is 3.84. The van der Waals surface area contributed by atoms with E-state index in [1.807, 2.05) is 13.8 Å². The van der Waals surface area contributed by atoms with E-state index in [-0.39, 0.29) is 9.92 Å². The van der Waals surface area contributed by atoms with Gasteiger partial charge < -0.3 is 10.0 Å². The zero-order valence-corrected chi connectivity index (χ0v) is 16.5. The number of aliphatic imine (C=N–C) groups is 1. The van der Waals surface area contributed by atoms with Gasteiger partial charge in [0.2, 0.25) is 10.0 Å². The first-order valence-corrected chi connectivity index (χ1v) is 10.4. The monoisotopic (exact) mass is 391 g/mol. The normalized spacial score (nSPS) is 23.5. The lowest BCUT2D eigenvalue weighted by atomic mass is 10.0. The van der Waals surface area contributed by atoms with E-state index in [0.29, 0.717) is 24.4 Å². The summed E-state index contributed by atoms with van der Waals surface area (Å²) in [6, 6.07) is 4.63. The van der Waals surface area contributed by atoms with E-state index in [1.54, 1.807) is 11.0 Å². The molecule has 1 unspecified atom stereocenters. The first-order valence-electron chi connectivity index (χ1n) is 7.58. The van der Waals surface area contributed by atoms with E-state index >= 15 is 0 Å². The van der Waals surface area contributed by atoms with E-state index in [0.717, 1.165) is 9.47 Å². The molecule has 6 nitrogen and oxygen atoms in total. The van der Waals surface area contributed by atoms with Gasteiger partial charge in [-0.15, -0.1) is 0 Å². The van der Waals surface area contributed by atoms with Crippen molar-refractivity contribution in [2.24, 2.45) is 4.99 Å². The van der Waals surface area contributed by atoms with Crippen molar-refractivity contribution in [3.8, 4) is 0 Å². The van der Waals surface area contributed by atoms with Gasteiger partial charge >= 0.3 is 0 Å². The minimum Gasteiger partial charge on any atom is -0.366 e. The number of benzene rings is 1. The number of nitrogens with zero attached hydrogens (tertiary/aromatic N) is 3. The molecule has 2 rings (SSSR count). The lowest BCUT2D eigenvalue weighted by Crippen LogP contribution is -2.45. The van der Waals surface area contributed by atoms with Crippen LogP contribution in [-0.4, -0.2) is 60.8 Å². The van der Waals surface area contributed by atoms with Crippen LogP contribution in [0.3, 0.4) is 0 Å². The van der Waals surface area contributed by atoms with E-state index in [4.69, 9.17) is 11.6 Å². The molecule has 0 amide bonds. The number of amidine groups is 1. The van der Waals surface area contributed by atoms with Crippen LogP contribution in [-0.2, 0) is 15.7 Å². The summed E-state index contributed by atoms with van der Waals surface area (Å²) in [5, 5.41) is 12.1. The molecule has 1 aromatic rings. The maximum Gasteiger partial charge on any atom is 0.244 e. The number of sulfonamides is 1. The average molecular weight is 392 g/mol. The van der Waals surface area contributed by atoms with E-state index in [2.05, 4.69) is 4.99 Å². The summed E-state index contributed by atoms with van der Waals surface area (Å²) in [4.78, 5) is 6.18. The summed E-state index contributed by atoms with van der Waals surface area (Å²) in [6.45, 7) is 5.04. The van der Waals surface area contributed by atoms with Crippen molar-refractivity contribution >= 4 is 38.6 Å². The van der Waals surface area contributed by atoms with E-state index < -0.39 is 15.7 Å². The molecule has 1 fully saturated rings. The molecular formula is C15H22ClN3O3S2. The Bertz CT molecular complexity index is 752. The number of hydrogen-bond donors (Lipinski definition) is 1. The molecule has 9 heteroatoms. The van der Waals surface area contributed by atoms with Gasteiger partial charge in [0.1, 0.15) is 4.90 Å². The fraction of sp³-hybridized carbons (Fsp3) is 0.533. The summed E-state index contributed by atoms with van der Waals surface area (Å²) in [7, 11) is -0.805. The molecule has 0 radical (unpaired) electrons. The van der Waals surface area contributed by atoms with Gasteiger partial charge in [0.05, 0.1) is 10.8 Å². The minimum absolute atomic E-state index is 0.0120. The van der Waals surface area contributed by atoms with Crippen LogP contribution in [0, 0.1) is 0 Å². The first kappa shape index (κ1) is 19.5. The van der Waals surface area contributed by atoms with Crippen LogP contribution in [0.5, 0.6) is 0 Å². The summed E-state index contributed by atoms with van der Waals surface area (Å²) >= 11 is 7.55. The molecule has 1 aromatic carbocycles. The second-order valence-corrected chi connectivity index (χ2v) is 9.01. The molecule has 1 heterocycles. The van der Waals surface area contributed by atoms with Crippen LogP contribution < -0.4 is 0 Å². The van der Waals surface area contributed by atoms with Crippen molar-refractivity contribution in [2.75, 3.05) is 32.9 Å². The lowest BCUT2D eigenvalue weighted by molar-refractivity contribution is -0.0455. The van der Waals surface area contributed by atoms with Crippen molar-refractivity contribution in [1.82, 2.24) is 9.21 Å². The SMILES string of the molecule is CCN=C1SCC(O)(c2ccc(Cl)c(S(=O)(=O)N(C)C)c2)N1CC. The topological polar surface area (TPSA) is 73.2 Å².